The van der Waals surface area contributed by atoms with Gasteiger partial charge in [0.15, 0.2) is 5.96 Å². The van der Waals surface area contributed by atoms with Gasteiger partial charge in [0, 0.05) is 6.54 Å². The Hall–Kier alpha value is -0.820. The second-order valence-electron chi connectivity index (χ2n) is 4.62. The highest BCUT2D eigenvalue weighted by Gasteiger charge is 1.99. The summed E-state index contributed by atoms with van der Waals surface area (Å²) in [6.07, 6.45) is 4.85. The number of unbranched alkanes of at least 4 members (excludes halogenated alkanes) is 3. The van der Waals surface area contributed by atoms with Crippen LogP contribution in [0.2, 0.25) is 0 Å². The molecule has 0 saturated carbocycles. The van der Waals surface area contributed by atoms with Gasteiger partial charge >= 0.3 is 0 Å². The van der Waals surface area contributed by atoms with Gasteiger partial charge in [-0.3, -0.25) is 0 Å². The molecule has 20 heavy (non-hydrogen) atoms. The van der Waals surface area contributed by atoms with Crippen molar-refractivity contribution in [3.8, 4) is 0 Å². The lowest BCUT2D eigenvalue weighted by Crippen LogP contribution is -2.32. The highest BCUT2D eigenvalue weighted by atomic mass is 127. The summed E-state index contributed by atoms with van der Waals surface area (Å²) in [7, 11) is 0. The molecule has 0 amide bonds. The number of hydrogen-bond donors (Lipinski definition) is 3. The third kappa shape index (κ3) is 7.69. The molecule has 0 aliphatic heterocycles. The van der Waals surface area contributed by atoms with E-state index in [1.165, 1.54) is 19.3 Å². The van der Waals surface area contributed by atoms with Crippen LogP contribution in [-0.2, 0) is 13.2 Å². The molecule has 0 radical (unpaired) electrons. The Morgan fingerprint density at radius 2 is 1.90 bits per heavy atom. The number of nitrogens with one attached hydrogen (secondary N) is 1. The maximum Gasteiger partial charge on any atom is 0.188 e. The van der Waals surface area contributed by atoms with Gasteiger partial charge in [-0.15, -0.1) is 24.0 Å². The summed E-state index contributed by atoms with van der Waals surface area (Å²) in [4.78, 5) is 4.29. The first-order chi connectivity index (χ1) is 9.27. The van der Waals surface area contributed by atoms with Crippen LogP contribution in [0.5, 0.6) is 0 Å². The monoisotopic (exact) mass is 391 g/mol. The second kappa shape index (κ2) is 12.0. The topological polar surface area (TPSA) is 70.6 Å². The van der Waals surface area contributed by atoms with Crippen LogP contribution in [-0.4, -0.2) is 17.6 Å². The third-order valence-electron chi connectivity index (χ3n) is 3.04. The van der Waals surface area contributed by atoms with Gasteiger partial charge in [-0.1, -0.05) is 50.5 Å². The number of benzene rings is 1. The molecule has 0 aliphatic rings. The van der Waals surface area contributed by atoms with E-state index in [4.69, 9.17) is 5.73 Å². The van der Waals surface area contributed by atoms with Crippen LogP contribution in [0.15, 0.2) is 29.3 Å². The Labute approximate surface area is 138 Å². The maximum absolute atomic E-state index is 9.21. The van der Waals surface area contributed by atoms with Crippen molar-refractivity contribution in [2.75, 3.05) is 6.54 Å². The smallest absolute Gasteiger partial charge is 0.188 e. The van der Waals surface area contributed by atoms with Crippen LogP contribution >= 0.6 is 24.0 Å². The van der Waals surface area contributed by atoms with Crippen molar-refractivity contribution in [3.05, 3.63) is 35.4 Å². The molecular formula is C15H26IN3O. The first-order valence-corrected chi connectivity index (χ1v) is 6.99. The summed E-state index contributed by atoms with van der Waals surface area (Å²) >= 11 is 0. The van der Waals surface area contributed by atoms with Gasteiger partial charge in [0.25, 0.3) is 0 Å². The van der Waals surface area contributed by atoms with Crippen LogP contribution in [0.25, 0.3) is 0 Å². The zero-order chi connectivity index (χ0) is 13.9. The van der Waals surface area contributed by atoms with Crippen molar-refractivity contribution in [2.45, 2.75) is 45.8 Å². The largest absolute Gasteiger partial charge is 0.392 e. The molecule has 114 valence electrons. The molecule has 0 aliphatic carbocycles. The van der Waals surface area contributed by atoms with E-state index in [1.807, 2.05) is 24.3 Å². The molecule has 0 fully saturated rings. The Balaban J connectivity index is 0.00000361. The van der Waals surface area contributed by atoms with Crippen molar-refractivity contribution in [1.29, 1.82) is 0 Å². The number of halogens is 1. The van der Waals surface area contributed by atoms with Crippen LogP contribution in [0, 0.1) is 0 Å². The minimum absolute atomic E-state index is 0. The number of nitrogens with two attached hydrogens (primary N) is 1. The quantitative estimate of drug-likeness (QED) is 0.276. The molecule has 0 atom stereocenters. The molecule has 0 saturated heterocycles. The third-order valence-corrected chi connectivity index (χ3v) is 3.04. The average molecular weight is 391 g/mol. The molecule has 1 aromatic carbocycles. The zero-order valence-electron chi connectivity index (χ0n) is 12.1. The van der Waals surface area contributed by atoms with Crippen molar-refractivity contribution in [3.63, 3.8) is 0 Å². The summed E-state index contributed by atoms with van der Waals surface area (Å²) < 4.78 is 0. The highest BCUT2D eigenvalue weighted by molar-refractivity contribution is 14.0. The summed E-state index contributed by atoms with van der Waals surface area (Å²) in [5, 5.41) is 12.3. The Morgan fingerprint density at radius 1 is 1.20 bits per heavy atom. The average Bonchev–Trinajstić information content (AvgIpc) is 2.45. The molecule has 4 nitrogen and oxygen atoms in total. The number of rotatable bonds is 8. The van der Waals surface area contributed by atoms with Crippen molar-refractivity contribution in [1.82, 2.24) is 5.32 Å². The minimum atomic E-state index is 0. The molecule has 0 unspecified atom stereocenters. The highest BCUT2D eigenvalue weighted by Crippen LogP contribution is 2.09. The Bertz CT molecular complexity index is 396. The van der Waals surface area contributed by atoms with E-state index in [0.717, 1.165) is 24.1 Å². The number of nitrogens with zero attached hydrogens (tertiary/aromatic N) is 1. The summed E-state index contributed by atoms with van der Waals surface area (Å²) in [5.74, 6) is 0.476. The standard InChI is InChI=1S/C15H25N3O.HI/c1-2-3-4-7-10-17-15(16)18-11-13-8-5-6-9-14(13)12-19;/h5-6,8-9,19H,2-4,7,10-12H2,1H3,(H3,16,17,18);1H. The molecule has 5 heteroatoms. The summed E-state index contributed by atoms with van der Waals surface area (Å²) in [5.41, 5.74) is 7.72. The van der Waals surface area contributed by atoms with Crippen molar-refractivity contribution >= 4 is 29.9 Å². The number of guanidine groups is 1. The maximum atomic E-state index is 9.21. The van der Waals surface area contributed by atoms with Gasteiger partial charge in [-0.2, -0.15) is 0 Å². The number of aliphatic hydroxyl groups is 1. The second-order valence-corrected chi connectivity index (χ2v) is 4.62. The van der Waals surface area contributed by atoms with Gasteiger partial charge < -0.3 is 16.2 Å². The lowest BCUT2D eigenvalue weighted by atomic mass is 10.1. The van der Waals surface area contributed by atoms with E-state index in [-0.39, 0.29) is 30.6 Å². The Morgan fingerprint density at radius 3 is 2.55 bits per heavy atom. The number of aliphatic imine (C=N–C) groups is 1. The van der Waals surface area contributed by atoms with Gasteiger partial charge in [-0.05, 0) is 17.5 Å². The lowest BCUT2D eigenvalue weighted by molar-refractivity contribution is 0.280. The molecule has 1 aromatic rings. The van der Waals surface area contributed by atoms with E-state index in [0.29, 0.717) is 12.5 Å². The molecule has 0 aromatic heterocycles. The van der Waals surface area contributed by atoms with Crippen LogP contribution in [0.4, 0.5) is 0 Å². The predicted molar refractivity (Wildman–Crippen MR) is 95.3 cm³/mol. The van der Waals surface area contributed by atoms with Gasteiger partial charge in [0.2, 0.25) is 0 Å². The van der Waals surface area contributed by atoms with Crippen molar-refractivity contribution < 1.29 is 5.11 Å². The van der Waals surface area contributed by atoms with Crippen molar-refractivity contribution in [2.24, 2.45) is 10.7 Å². The molecule has 1 rings (SSSR count). The van der Waals surface area contributed by atoms with E-state index in [2.05, 4.69) is 17.2 Å². The molecule has 0 spiro atoms. The fraction of sp³-hybridized carbons (Fsp3) is 0.533. The van der Waals surface area contributed by atoms with Crippen LogP contribution < -0.4 is 11.1 Å². The van der Waals surface area contributed by atoms with E-state index >= 15 is 0 Å². The fourth-order valence-electron chi connectivity index (χ4n) is 1.86. The van der Waals surface area contributed by atoms with E-state index in [9.17, 15) is 5.11 Å². The predicted octanol–water partition coefficient (Wildman–Crippen LogP) is 2.78. The van der Waals surface area contributed by atoms with E-state index < -0.39 is 0 Å². The summed E-state index contributed by atoms with van der Waals surface area (Å²) in [6, 6.07) is 7.72. The SMILES string of the molecule is CCCCCCNC(N)=NCc1ccccc1CO.I. The summed E-state index contributed by atoms with van der Waals surface area (Å²) in [6.45, 7) is 3.61. The first kappa shape index (κ1) is 19.2. The van der Waals surface area contributed by atoms with Crippen LogP contribution in [0.3, 0.4) is 0 Å². The molecule has 0 heterocycles. The van der Waals surface area contributed by atoms with Gasteiger partial charge in [0.05, 0.1) is 13.2 Å². The zero-order valence-corrected chi connectivity index (χ0v) is 14.5. The molecular weight excluding hydrogens is 365 g/mol. The van der Waals surface area contributed by atoms with Gasteiger partial charge in [-0.25, -0.2) is 4.99 Å². The lowest BCUT2D eigenvalue weighted by Gasteiger charge is -2.07. The van der Waals surface area contributed by atoms with E-state index in [1.54, 1.807) is 0 Å². The van der Waals surface area contributed by atoms with Crippen LogP contribution in [0.1, 0.15) is 43.7 Å². The first-order valence-electron chi connectivity index (χ1n) is 6.99. The van der Waals surface area contributed by atoms with Gasteiger partial charge in [0.1, 0.15) is 0 Å². The number of hydrogen-bond acceptors (Lipinski definition) is 2. The molecule has 4 N–H and O–H groups in total. The Kier molecular flexibility index (Phi) is 11.5. The fourth-order valence-corrected chi connectivity index (χ4v) is 1.86. The normalized spacial score (nSPS) is 11.0. The number of aliphatic hydroxyl groups excluding tert-OH is 1. The molecule has 0 bridgehead atoms. The minimum Gasteiger partial charge on any atom is -0.392 e.